The second-order valence-corrected chi connectivity index (χ2v) is 5.81. The van der Waals surface area contributed by atoms with Gasteiger partial charge in [-0.3, -0.25) is 4.40 Å². The predicted octanol–water partition coefficient (Wildman–Crippen LogP) is 3.00. The molecule has 0 unspecified atom stereocenters. The molecule has 4 rings (SSSR count). The minimum atomic E-state index is -0.405. The highest BCUT2D eigenvalue weighted by Gasteiger charge is 2.15. The van der Waals surface area contributed by atoms with Crippen molar-refractivity contribution < 1.29 is 9.13 Å². The maximum Gasteiger partial charge on any atom is 0.355 e. The van der Waals surface area contributed by atoms with Crippen molar-refractivity contribution >= 4 is 5.52 Å². The van der Waals surface area contributed by atoms with Crippen molar-refractivity contribution in [2.24, 2.45) is 0 Å². The second kappa shape index (κ2) is 6.11. The summed E-state index contributed by atoms with van der Waals surface area (Å²) in [5.74, 6) is 0.443. The number of hydrogen-bond donors (Lipinski definition) is 0. The molecule has 7 heteroatoms. The highest BCUT2D eigenvalue weighted by molar-refractivity contribution is 5.74. The van der Waals surface area contributed by atoms with Crippen LogP contribution in [-0.2, 0) is 0 Å². The average molecular weight is 350 g/mol. The number of aromatic nitrogens is 4. The van der Waals surface area contributed by atoms with E-state index in [4.69, 9.17) is 4.74 Å². The quantitative estimate of drug-likeness (QED) is 0.570. The van der Waals surface area contributed by atoms with Crippen LogP contribution in [0.25, 0.3) is 22.5 Å². The highest BCUT2D eigenvalue weighted by Crippen LogP contribution is 2.30. The lowest BCUT2D eigenvalue weighted by molar-refractivity contribution is 0.411. The molecule has 0 bridgehead atoms. The van der Waals surface area contributed by atoms with Gasteiger partial charge in [-0.25, -0.2) is 14.2 Å². The van der Waals surface area contributed by atoms with Crippen LogP contribution in [0.1, 0.15) is 5.69 Å². The Kier molecular flexibility index (Phi) is 3.76. The number of rotatable bonds is 3. The number of fused-ring (bicyclic) bond motifs is 1. The van der Waals surface area contributed by atoms with Crippen molar-refractivity contribution in [2.45, 2.75) is 6.92 Å². The molecule has 130 valence electrons. The topological polar surface area (TPSA) is 61.4 Å². The Morgan fingerprint density at radius 2 is 2.00 bits per heavy atom. The first-order valence-corrected chi connectivity index (χ1v) is 7.95. The summed E-state index contributed by atoms with van der Waals surface area (Å²) in [4.78, 5) is 17.1. The van der Waals surface area contributed by atoms with E-state index in [9.17, 15) is 9.18 Å². The van der Waals surface area contributed by atoms with E-state index >= 15 is 0 Å². The van der Waals surface area contributed by atoms with Gasteiger partial charge in [0.25, 0.3) is 0 Å². The average Bonchev–Trinajstić information content (AvgIpc) is 2.99. The van der Waals surface area contributed by atoms with Crippen LogP contribution in [0, 0.1) is 12.7 Å². The molecule has 0 atom stereocenters. The monoisotopic (exact) mass is 350 g/mol. The molecule has 4 aromatic rings. The van der Waals surface area contributed by atoms with Gasteiger partial charge in [-0.15, -0.1) is 0 Å². The molecule has 0 saturated heterocycles. The Balaban J connectivity index is 1.95. The fourth-order valence-corrected chi connectivity index (χ4v) is 3.01. The zero-order chi connectivity index (χ0) is 18.3. The van der Waals surface area contributed by atoms with Gasteiger partial charge in [-0.1, -0.05) is 6.07 Å². The standard InChI is InChI=1S/C19H15FN4O2/c1-12-17(13-7-14(20)9-16(8-13)26-2)10-15-11-22-24(19(25)23(12)15)18-5-3-4-6-21-18/h3-11H,1-2H3. The molecule has 26 heavy (non-hydrogen) atoms. The van der Waals surface area contributed by atoms with Crippen LogP contribution in [0.2, 0.25) is 0 Å². The highest BCUT2D eigenvalue weighted by atomic mass is 19.1. The summed E-state index contributed by atoms with van der Waals surface area (Å²) in [6.45, 7) is 1.81. The molecule has 0 aliphatic rings. The fraction of sp³-hybridized carbons (Fsp3) is 0.105. The number of pyridine rings is 1. The third kappa shape index (κ3) is 2.54. The van der Waals surface area contributed by atoms with Crippen LogP contribution in [0.3, 0.4) is 0 Å². The zero-order valence-corrected chi connectivity index (χ0v) is 14.2. The third-order valence-corrected chi connectivity index (χ3v) is 4.24. The maximum atomic E-state index is 13.9. The first-order valence-electron chi connectivity index (χ1n) is 7.95. The van der Waals surface area contributed by atoms with E-state index in [1.165, 1.54) is 28.3 Å². The summed E-state index contributed by atoms with van der Waals surface area (Å²) in [6, 6.07) is 11.5. The van der Waals surface area contributed by atoms with Crippen molar-refractivity contribution in [3.8, 4) is 22.7 Å². The molecule has 3 heterocycles. The van der Waals surface area contributed by atoms with Crippen molar-refractivity contribution in [3.05, 3.63) is 76.9 Å². The Labute approximate surface area is 148 Å². The third-order valence-electron chi connectivity index (χ3n) is 4.24. The summed E-state index contributed by atoms with van der Waals surface area (Å²) in [5.41, 5.74) is 2.34. The summed E-state index contributed by atoms with van der Waals surface area (Å²) in [5, 5.41) is 4.20. The van der Waals surface area contributed by atoms with Crippen LogP contribution in [0.15, 0.2) is 59.7 Å². The number of benzene rings is 1. The number of halogens is 1. The van der Waals surface area contributed by atoms with Crippen LogP contribution >= 0.6 is 0 Å². The Bertz CT molecular complexity index is 1170. The van der Waals surface area contributed by atoms with Gasteiger partial charge in [0.15, 0.2) is 5.82 Å². The van der Waals surface area contributed by atoms with E-state index in [0.717, 1.165) is 5.56 Å². The molecule has 0 amide bonds. The lowest BCUT2D eigenvalue weighted by atomic mass is 10.1. The number of ether oxygens (including phenoxy) is 1. The molecule has 6 nitrogen and oxygen atoms in total. The number of methoxy groups -OCH3 is 1. The van der Waals surface area contributed by atoms with E-state index in [1.807, 2.05) is 6.92 Å². The first kappa shape index (κ1) is 16.0. The molecule has 1 aromatic carbocycles. The SMILES string of the molecule is COc1cc(F)cc(-c2cc3cnn(-c4ccccn4)c(=O)n3c2C)c1. The summed E-state index contributed by atoms with van der Waals surface area (Å²) < 4.78 is 21.8. The van der Waals surface area contributed by atoms with Gasteiger partial charge >= 0.3 is 5.69 Å². The molecule has 0 radical (unpaired) electrons. The smallest absolute Gasteiger partial charge is 0.355 e. The molecule has 0 N–H and O–H groups in total. The van der Waals surface area contributed by atoms with Crippen molar-refractivity contribution in [3.63, 3.8) is 0 Å². The van der Waals surface area contributed by atoms with Gasteiger partial charge in [0, 0.05) is 23.5 Å². The fourth-order valence-electron chi connectivity index (χ4n) is 3.01. The van der Waals surface area contributed by atoms with Crippen LogP contribution < -0.4 is 10.4 Å². The van der Waals surface area contributed by atoms with Crippen LogP contribution in [0.4, 0.5) is 4.39 Å². The van der Waals surface area contributed by atoms with Crippen LogP contribution in [0.5, 0.6) is 5.75 Å². The van der Waals surface area contributed by atoms with E-state index in [-0.39, 0.29) is 5.69 Å². The van der Waals surface area contributed by atoms with Gasteiger partial charge in [-0.2, -0.15) is 9.78 Å². The van der Waals surface area contributed by atoms with E-state index < -0.39 is 5.82 Å². The molecule has 0 aliphatic heterocycles. The lowest BCUT2D eigenvalue weighted by Gasteiger charge is -2.06. The first-order chi connectivity index (χ1) is 12.6. The Morgan fingerprint density at radius 1 is 1.15 bits per heavy atom. The largest absolute Gasteiger partial charge is 0.497 e. The van der Waals surface area contributed by atoms with E-state index in [1.54, 1.807) is 42.7 Å². The molecule has 0 spiro atoms. The van der Waals surface area contributed by atoms with E-state index in [2.05, 4.69) is 10.1 Å². The maximum absolute atomic E-state index is 13.9. The minimum Gasteiger partial charge on any atom is -0.497 e. The van der Waals surface area contributed by atoms with Gasteiger partial charge in [0.05, 0.1) is 18.8 Å². The van der Waals surface area contributed by atoms with Gasteiger partial charge < -0.3 is 4.74 Å². The minimum absolute atomic E-state index is 0.340. The Hall–Kier alpha value is -3.48. The second-order valence-electron chi connectivity index (χ2n) is 5.81. The molecule has 0 aliphatic carbocycles. The number of nitrogens with zero attached hydrogens (tertiary/aromatic N) is 4. The summed E-state index contributed by atoms with van der Waals surface area (Å²) in [6.07, 6.45) is 3.18. The lowest BCUT2D eigenvalue weighted by Crippen LogP contribution is -2.28. The van der Waals surface area contributed by atoms with Crippen LogP contribution in [-0.4, -0.2) is 26.3 Å². The predicted molar refractivity (Wildman–Crippen MR) is 95.3 cm³/mol. The van der Waals surface area contributed by atoms with Crippen molar-refractivity contribution in [2.75, 3.05) is 7.11 Å². The van der Waals surface area contributed by atoms with Gasteiger partial charge in [-0.05, 0) is 42.8 Å². The molecule has 3 aromatic heterocycles. The number of hydrogen-bond acceptors (Lipinski definition) is 4. The normalized spacial score (nSPS) is 11.0. The molecule has 0 fully saturated rings. The molecular formula is C19H15FN4O2. The van der Waals surface area contributed by atoms with Gasteiger partial charge in [0.1, 0.15) is 11.6 Å². The summed E-state index contributed by atoms with van der Waals surface area (Å²) in [7, 11) is 1.48. The van der Waals surface area contributed by atoms with Gasteiger partial charge in [0.2, 0.25) is 0 Å². The Morgan fingerprint density at radius 3 is 2.73 bits per heavy atom. The molecular weight excluding hydrogens is 335 g/mol. The van der Waals surface area contributed by atoms with E-state index in [0.29, 0.717) is 28.3 Å². The summed E-state index contributed by atoms with van der Waals surface area (Å²) >= 11 is 0. The van der Waals surface area contributed by atoms with Crippen molar-refractivity contribution in [1.29, 1.82) is 0 Å². The zero-order valence-electron chi connectivity index (χ0n) is 14.2. The van der Waals surface area contributed by atoms with Crippen molar-refractivity contribution in [1.82, 2.24) is 19.2 Å². The number of aryl methyl sites for hydroxylation is 1. The molecule has 0 saturated carbocycles.